The number of carbonyl (C=O) groups is 3. The molecule has 0 radical (unpaired) electrons. The maximum Gasteiger partial charge on any atom is 0.329 e. The van der Waals surface area contributed by atoms with Crippen molar-refractivity contribution in [3.05, 3.63) is 58.2 Å². The first kappa shape index (κ1) is 48.0. The Hall–Kier alpha value is -4.06. The second-order valence-corrected chi connectivity index (χ2v) is 19.3. The van der Waals surface area contributed by atoms with Crippen LogP contribution in [0.4, 0.5) is 4.79 Å². The summed E-state index contributed by atoms with van der Waals surface area (Å²) < 4.78 is 9.56. The van der Waals surface area contributed by atoms with Crippen LogP contribution >= 0.6 is 23.3 Å². The number of methoxy groups -OCH3 is 1. The van der Waals surface area contributed by atoms with Gasteiger partial charge in [0.15, 0.2) is 0 Å². The molecule has 4 aromatic rings. The van der Waals surface area contributed by atoms with Gasteiger partial charge in [0.1, 0.15) is 11.3 Å². The largest absolute Gasteiger partial charge is 0.396 e. The Morgan fingerprint density at radius 3 is 2.54 bits per heavy atom. The van der Waals surface area contributed by atoms with Crippen molar-refractivity contribution < 1.29 is 29.3 Å². The molecule has 1 aromatic carbocycles. The van der Waals surface area contributed by atoms with Gasteiger partial charge >= 0.3 is 6.03 Å². The van der Waals surface area contributed by atoms with E-state index >= 15 is 0 Å². The lowest BCUT2D eigenvalue weighted by molar-refractivity contribution is -0.140. The molecular weight excluding hydrogens is 813 g/mol. The number of nitrogens with one attached hydrogen (secondary N) is 2. The van der Waals surface area contributed by atoms with Gasteiger partial charge in [0.05, 0.1) is 28.2 Å². The van der Waals surface area contributed by atoms with Gasteiger partial charge in [-0.05, 0) is 86.2 Å². The predicted octanol–water partition coefficient (Wildman–Crippen LogP) is 6.55. The van der Waals surface area contributed by atoms with E-state index in [9.17, 15) is 24.6 Å². The molecule has 3 unspecified atom stereocenters. The van der Waals surface area contributed by atoms with Crippen LogP contribution < -0.4 is 10.7 Å². The number of likely N-dealkylation sites (tertiary alicyclic amines) is 1. The molecule has 2 saturated heterocycles. The number of benzene rings is 1. The van der Waals surface area contributed by atoms with Crippen molar-refractivity contribution in [1.29, 1.82) is 0 Å². The molecule has 14 nitrogen and oxygen atoms in total. The molecular formula is C45H66N8O6S2. The smallest absolute Gasteiger partial charge is 0.329 e. The molecule has 61 heavy (non-hydrogen) atoms. The summed E-state index contributed by atoms with van der Waals surface area (Å²) in [5.41, 5.74) is 9.59. The van der Waals surface area contributed by atoms with Crippen LogP contribution in [0.15, 0.2) is 41.9 Å². The summed E-state index contributed by atoms with van der Waals surface area (Å²) in [5, 5.41) is 27.7. The minimum absolute atomic E-state index is 0. The molecule has 16 heteroatoms. The van der Waals surface area contributed by atoms with Gasteiger partial charge in [0.25, 0.3) is 5.91 Å². The van der Waals surface area contributed by atoms with Crippen molar-refractivity contribution >= 4 is 52.0 Å². The third kappa shape index (κ3) is 10.8. The molecule has 0 saturated carbocycles. The minimum Gasteiger partial charge on any atom is -0.396 e. The predicted molar refractivity (Wildman–Crippen MR) is 245 cm³/mol. The Balaban J connectivity index is 0.00000704. The average molecular weight is 879 g/mol. The quantitative estimate of drug-likeness (QED) is 0.0855. The number of pyridine rings is 1. The summed E-state index contributed by atoms with van der Waals surface area (Å²) in [5.74, 6) is -0.609. The lowest BCUT2D eigenvalue weighted by atomic mass is 9.84. The number of aliphatic hydroxyl groups is 2. The highest BCUT2D eigenvalue weighted by Gasteiger charge is 2.37. The highest BCUT2D eigenvalue weighted by Crippen LogP contribution is 2.41. The number of aryl methyl sites for hydroxylation is 1. The van der Waals surface area contributed by atoms with Crippen molar-refractivity contribution in [1.82, 2.24) is 39.5 Å². The summed E-state index contributed by atoms with van der Waals surface area (Å²) in [6.07, 6.45) is 4.21. The van der Waals surface area contributed by atoms with E-state index in [0.717, 1.165) is 76.0 Å². The highest BCUT2D eigenvalue weighted by atomic mass is 32.2. The molecule has 5 heterocycles. The Labute approximate surface area is 369 Å². The molecule has 4 N–H and O–H groups in total. The molecule has 6 rings (SSSR count). The molecule has 334 valence electrons. The number of hydrogen-bond acceptors (Lipinski definition) is 11. The van der Waals surface area contributed by atoms with Gasteiger partial charge in [-0.3, -0.25) is 23.9 Å². The number of fused-ring (bicyclic) bond motifs is 1. The van der Waals surface area contributed by atoms with Gasteiger partial charge in [-0.25, -0.2) is 15.2 Å². The number of amides is 4. The fourth-order valence-corrected chi connectivity index (χ4v) is 9.75. The number of carbonyl (C=O) groups excluding carboxylic acids is 3. The summed E-state index contributed by atoms with van der Waals surface area (Å²) >= 11 is 2.61. The van der Waals surface area contributed by atoms with E-state index in [2.05, 4.69) is 60.3 Å². The first-order valence-electron chi connectivity index (χ1n) is 21.0. The number of thiazole rings is 1. The van der Waals surface area contributed by atoms with Gasteiger partial charge in [-0.2, -0.15) is 0 Å². The first-order chi connectivity index (χ1) is 28.7. The third-order valence-corrected chi connectivity index (χ3v) is 13.8. The van der Waals surface area contributed by atoms with E-state index in [1.807, 2.05) is 32.2 Å². The zero-order valence-electron chi connectivity index (χ0n) is 36.2. The van der Waals surface area contributed by atoms with Crippen LogP contribution in [-0.4, -0.2) is 122 Å². The van der Waals surface area contributed by atoms with Gasteiger partial charge < -0.3 is 29.7 Å². The Kier molecular flexibility index (Phi) is 16.4. The Bertz CT molecular complexity index is 2130. The number of rotatable bonds is 17. The second-order valence-electron chi connectivity index (χ2n) is 17.1. The van der Waals surface area contributed by atoms with E-state index in [0.29, 0.717) is 37.6 Å². The summed E-state index contributed by atoms with van der Waals surface area (Å²) in [7, 11) is 3.34. The van der Waals surface area contributed by atoms with Gasteiger partial charge in [-0.15, -0.1) is 11.3 Å². The van der Waals surface area contributed by atoms with Crippen LogP contribution in [-0.2, 0) is 33.7 Å². The molecule has 4 amide bonds. The van der Waals surface area contributed by atoms with E-state index in [1.165, 1.54) is 15.6 Å². The van der Waals surface area contributed by atoms with Crippen LogP contribution in [0.2, 0.25) is 0 Å². The van der Waals surface area contributed by atoms with Gasteiger partial charge in [0.2, 0.25) is 5.91 Å². The molecule has 0 aliphatic carbocycles. The van der Waals surface area contributed by atoms with E-state index < -0.39 is 16.7 Å². The molecule has 2 aliphatic rings. The number of nitrogens with zero attached hydrogens (tertiary/aromatic N) is 6. The molecule has 3 aromatic heterocycles. The van der Waals surface area contributed by atoms with Crippen LogP contribution in [0.5, 0.6) is 0 Å². The molecule has 0 bridgehead atoms. The van der Waals surface area contributed by atoms with Crippen molar-refractivity contribution in [2.75, 3.05) is 53.6 Å². The maximum absolute atomic E-state index is 14.1. The number of aromatic nitrogens is 3. The average Bonchev–Trinajstić information content (AvgIpc) is 3.83. The molecule has 2 fully saturated rings. The Morgan fingerprint density at radius 2 is 1.90 bits per heavy atom. The molecule has 2 aliphatic heterocycles. The zero-order valence-corrected chi connectivity index (χ0v) is 37.9. The normalized spacial score (nSPS) is 16.2. The van der Waals surface area contributed by atoms with Crippen LogP contribution in [0.1, 0.15) is 84.2 Å². The van der Waals surface area contributed by atoms with Crippen LogP contribution in [0, 0.1) is 17.3 Å². The summed E-state index contributed by atoms with van der Waals surface area (Å²) in [6.45, 7) is 15.1. The van der Waals surface area contributed by atoms with Gasteiger partial charge in [-0.1, -0.05) is 41.2 Å². The van der Waals surface area contributed by atoms with Crippen molar-refractivity contribution in [2.24, 2.45) is 17.3 Å². The maximum atomic E-state index is 14.1. The van der Waals surface area contributed by atoms with Crippen molar-refractivity contribution in [3.63, 3.8) is 0 Å². The fraction of sp³-hybridized carbons (Fsp3) is 0.578. The zero-order chi connectivity index (χ0) is 43.3. The molecule has 3 atom stereocenters. The lowest BCUT2D eigenvalue weighted by Gasteiger charge is -2.40. The van der Waals surface area contributed by atoms with E-state index in [4.69, 9.17) is 14.7 Å². The first-order valence-corrected chi connectivity index (χ1v) is 22.8. The fourth-order valence-electron chi connectivity index (χ4n) is 7.94. The Morgan fingerprint density at radius 1 is 1.15 bits per heavy atom. The van der Waals surface area contributed by atoms with Crippen LogP contribution in [0.25, 0.3) is 33.4 Å². The summed E-state index contributed by atoms with van der Waals surface area (Å²) in [4.78, 5) is 52.8. The van der Waals surface area contributed by atoms with E-state index in [1.54, 1.807) is 30.3 Å². The highest BCUT2D eigenvalue weighted by molar-refractivity contribution is 7.98. The molecule has 0 spiro atoms. The number of urea groups is 1. The monoisotopic (exact) mass is 878 g/mol. The topological polar surface area (TPSA) is 165 Å². The standard InChI is InChI=1S/C44H62N8O6S2.CH4/c1-9-51-36-15-14-30(19-32(36)33(21-44(5,6)26-54)39(51)31-13-12-16-45-38(31)28(4)58-8)35-25-59-37(47-35)20-34(42(56)52-18-11-10-17-46-52)48-41(55)40(27(2)3)60-49(7)43(57)50-22-29(23-50)24-53;/h12-16,19,25,27-29,34,40,46,53-54H,9-11,17-18,20-24,26H2,1-8H3,(H,48,55);1H4. The van der Waals surface area contributed by atoms with Gasteiger partial charge in [0, 0.05) is 106 Å². The minimum atomic E-state index is -0.884. The number of hydrogen-bond donors (Lipinski definition) is 4. The number of aliphatic hydroxyl groups excluding tert-OH is 2. The third-order valence-electron chi connectivity index (χ3n) is 11.5. The van der Waals surface area contributed by atoms with Crippen LogP contribution in [0.3, 0.4) is 0 Å². The number of hydrazine groups is 1. The second kappa shape index (κ2) is 20.9. The SMILES string of the molecule is C.CCn1c(-c2cccnc2C(C)OC)c(CC(C)(C)CO)c2cc(-c3csc(CC(NC(=O)C(SN(C)C(=O)N4CC(CO)C4)C(C)C)C(=O)N4CCCCN4)n3)ccc21. The summed E-state index contributed by atoms with van der Waals surface area (Å²) in [6, 6.07) is 9.34. The van der Waals surface area contributed by atoms with E-state index in [-0.39, 0.29) is 62.8 Å². The van der Waals surface area contributed by atoms with Crippen molar-refractivity contribution in [2.45, 2.75) is 98.6 Å². The number of ether oxygens (including phenoxy) is 1. The van der Waals surface area contributed by atoms with Crippen molar-refractivity contribution in [3.8, 4) is 22.5 Å². The lowest BCUT2D eigenvalue weighted by Crippen LogP contribution is -2.57.